The molecule has 0 aromatic rings. The minimum Gasteiger partial charge on any atom is -0.390 e. The number of rotatable bonds is 1. The summed E-state index contributed by atoms with van der Waals surface area (Å²) in [4.78, 5) is 0. The van der Waals surface area contributed by atoms with E-state index < -0.39 is 12.2 Å². The smallest absolute Gasteiger partial charge is 0.0852 e. The lowest BCUT2D eigenvalue weighted by molar-refractivity contribution is -0.262. The van der Waals surface area contributed by atoms with Crippen molar-refractivity contribution in [2.75, 3.05) is 0 Å². The van der Waals surface area contributed by atoms with Crippen molar-refractivity contribution < 1.29 is 10.2 Å². The fourth-order valence-corrected chi connectivity index (χ4v) is 11.6. The Balaban J connectivity index is 1.55. The van der Waals surface area contributed by atoms with E-state index in [4.69, 9.17) is 0 Å². The Labute approximate surface area is 197 Å². The van der Waals surface area contributed by atoms with Gasteiger partial charge in [-0.1, -0.05) is 53.7 Å². The summed E-state index contributed by atoms with van der Waals surface area (Å²) in [7, 11) is 0. The zero-order chi connectivity index (χ0) is 23.5. The van der Waals surface area contributed by atoms with Crippen LogP contribution in [-0.4, -0.2) is 22.4 Å². The highest BCUT2D eigenvalue weighted by atomic mass is 16.3. The van der Waals surface area contributed by atoms with Gasteiger partial charge in [-0.15, -0.1) is 0 Å². The summed E-state index contributed by atoms with van der Waals surface area (Å²) in [6.45, 7) is 21.6. The Hall–Kier alpha value is -0.340. The largest absolute Gasteiger partial charge is 0.390 e. The maximum Gasteiger partial charge on any atom is 0.0852 e. The van der Waals surface area contributed by atoms with Gasteiger partial charge in [0.05, 0.1) is 12.2 Å². The molecule has 5 aliphatic carbocycles. The molecule has 0 saturated heterocycles. The van der Waals surface area contributed by atoms with Gasteiger partial charge in [0.1, 0.15) is 0 Å². The average molecular weight is 443 g/mol. The van der Waals surface area contributed by atoms with Crippen LogP contribution in [0.15, 0.2) is 12.2 Å². The van der Waals surface area contributed by atoms with Crippen LogP contribution in [0.1, 0.15) is 106 Å². The van der Waals surface area contributed by atoms with Crippen LogP contribution in [0, 0.1) is 56.7 Å². The molecule has 11 atom stereocenters. The van der Waals surface area contributed by atoms with E-state index in [0.29, 0.717) is 34.0 Å². The predicted molar refractivity (Wildman–Crippen MR) is 132 cm³/mol. The molecule has 0 amide bonds. The molecule has 0 radical (unpaired) electrons. The standard InChI is InChI=1S/C30H50O2/c1-18(2)19-11-13-27(5)15-16-29(7)20(24(19)27)9-10-23-28(6)17-21(31)25(32)26(3,4)22(28)12-14-30(23,29)8/h19-25,31-32H,1,9-17H2,2-8H3/t19-,20?,21?,22?,23?,24?,25?,27+,28-,29+,30+/m0/s1. The van der Waals surface area contributed by atoms with Gasteiger partial charge < -0.3 is 10.2 Å². The summed E-state index contributed by atoms with van der Waals surface area (Å²) in [6.07, 6.45) is 10.2. The molecule has 0 aromatic carbocycles. The molecule has 2 heteroatoms. The molecule has 0 aromatic heterocycles. The Bertz CT molecular complexity index is 801. The van der Waals surface area contributed by atoms with Gasteiger partial charge in [0, 0.05) is 0 Å². The Morgan fingerprint density at radius 2 is 1.47 bits per heavy atom. The topological polar surface area (TPSA) is 40.5 Å². The van der Waals surface area contributed by atoms with Crippen LogP contribution in [0.2, 0.25) is 0 Å². The minimum atomic E-state index is -0.595. The van der Waals surface area contributed by atoms with Gasteiger partial charge in [0.2, 0.25) is 0 Å². The van der Waals surface area contributed by atoms with E-state index in [1.165, 1.54) is 56.9 Å². The Morgan fingerprint density at radius 1 is 0.781 bits per heavy atom. The number of hydrogen-bond acceptors (Lipinski definition) is 2. The average Bonchev–Trinajstić information content (AvgIpc) is 3.05. The van der Waals surface area contributed by atoms with Crippen molar-refractivity contribution in [1.82, 2.24) is 0 Å². The van der Waals surface area contributed by atoms with E-state index in [2.05, 4.69) is 55.0 Å². The van der Waals surface area contributed by atoms with Crippen molar-refractivity contribution in [1.29, 1.82) is 0 Å². The first-order valence-corrected chi connectivity index (χ1v) is 13.7. The highest BCUT2D eigenvalue weighted by Crippen LogP contribution is 2.77. The number of hydrogen-bond donors (Lipinski definition) is 2. The second-order valence-corrected chi connectivity index (χ2v) is 14.9. The Kier molecular flexibility index (Phi) is 5.02. The SMILES string of the molecule is C=C(C)[C@@H]1CC[C@]2(C)CC[C@]3(C)C(CCC4[C@@]5(C)CC(O)C(O)C(C)(C)C5CC[C@]43C)C12. The highest BCUT2D eigenvalue weighted by molar-refractivity contribution is 5.21. The van der Waals surface area contributed by atoms with Crippen molar-refractivity contribution in [3.8, 4) is 0 Å². The van der Waals surface area contributed by atoms with E-state index in [-0.39, 0.29) is 10.8 Å². The van der Waals surface area contributed by atoms with Crippen LogP contribution in [0.5, 0.6) is 0 Å². The molecular formula is C30H50O2. The zero-order valence-corrected chi connectivity index (χ0v) is 22.0. The molecule has 5 aliphatic rings. The van der Waals surface area contributed by atoms with Crippen molar-refractivity contribution >= 4 is 0 Å². The van der Waals surface area contributed by atoms with Crippen molar-refractivity contribution in [2.24, 2.45) is 56.7 Å². The first kappa shape index (κ1) is 23.4. The van der Waals surface area contributed by atoms with Gasteiger partial charge in [0.25, 0.3) is 0 Å². The molecule has 2 N–H and O–H groups in total. The van der Waals surface area contributed by atoms with Gasteiger partial charge in [-0.2, -0.15) is 0 Å². The molecule has 0 spiro atoms. The normalized spacial score (nSPS) is 58.8. The second-order valence-electron chi connectivity index (χ2n) is 14.9. The summed E-state index contributed by atoms with van der Waals surface area (Å²) in [5.74, 6) is 3.46. The summed E-state index contributed by atoms with van der Waals surface area (Å²) in [5, 5.41) is 21.9. The van der Waals surface area contributed by atoms with Gasteiger partial charge in [-0.3, -0.25) is 0 Å². The van der Waals surface area contributed by atoms with Gasteiger partial charge >= 0.3 is 0 Å². The molecule has 0 aliphatic heterocycles. The fraction of sp³-hybridized carbons (Fsp3) is 0.933. The van der Waals surface area contributed by atoms with E-state index in [9.17, 15) is 10.2 Å². The van der Waals surface area contributed by atoms with Gasteiger partial charge in [0.15, 0.2) is 0 Å². The lowest BCUT2D eigenvalue weighted by Gasteiger charge is -2.73. The predicted octanol–water partition coefficient (Wildman–Crippen LogP) is 7.00. The van der Waals surface area contributed by atoms with Gasteiger partial charge in [-0.05, 0) is 121 Å². The fourth-order valence-electron chi connectivity index (χ4n) is 11.6. The van der Waals surface area contributed by atoms with E-state index in [1.54, 1.807) is 0 Å². The van der Waals surface area contributed by atoms with Crippen LogP contribution in [0.25, 0.3) is 0 Å². The molecule has 0 bridgehead atoms. The monoisotopic (exact) mass is 442 g/mol. The van der Waals surface area contributed by atoms with Crippen LogP contribution in [0.3, 0.4) is 0 Å². The zero-order valence-electron chi connectivity index (χ0n) is 22.0. The third kappa shape index (κ3) is 2.66. The molecule has 5 rings (SSSR count). The molecule has 5 saturated carbocycles. The molecule has 32 heavy (non-hydrogen) atoms. The number of aliphatic hydroxyl groups is 2. The number of allylic oxidation sites excluding steroid dienone is 1. The minimum absolute atomic E-state index is 0.118. The second kappa shape index (κ2) is 6.87. The summed E-state index contributed by atoms with van der Waals surface area (Å²) in [6, 6.07) is 0. The molecule has 2 nitrogen and oxygen atoms in total. The van der Waals surface area contributed by atoms with Crippen LogP contribution in [-0.2, 0) is 0 Å². The van der Waals surface area contributed by atoms with Crippen molar-refractivity contribution in [3.63, 3.8) is 0 Å². The van der Waals surface area contributed by atoms with Crippen molar-refractivity contribution in [3.05, 3.63) is 12.2 Å². The first-order valence-electron chi connectivity index (χ1n) is 13.7. The van der Waals surface area contributed by atoms with Crippen LogP contribution in [0.4, 0.5) is 0 Å². The lowest BCUT2D eigenvalue weighted by Crippen LogP contribution is -2.68. The first-order chi connectivity index (χ1) is 14.7. The van der Waals surface area contributed by atoms with Gasteiger partial charge in [-0.25, -0.2) is 0 Å². The molecule has 6 unspecified atom stereocenters. The maximum atomic E-state index is 11.0. The maximum absolute atomic E-state index is 11.0. The number of fused-ring (bicyclic) bond motifs is 7. The summed E-state index contributed by atoms with van der Waals surface area (Å²) < 4.78 is 0. The van der Waals surface area contributed by atoms with Crippen LogP contribution < -0.4 is 0 Å². The van der Waals surface area contributed by atoms with Crippen molar-refractivity contribution in [2.45, 2.75) is 118 Å². The van der Waals surface area contributed by atoms with E-state index >= 15 is 0 Å². The van der Waals surface area contributed by atoms with E-state index in [0.717, 1.165) is 18.3 Å². The molecular weight excluding hydrogens is 392 g/mol. The third-order valence-corrected chi connectivity index (χ3v) is 13.4. The molecule has 182 valence electrons. The quantitative estimate of drug-likeness (QED) is 0.429. The molecule has 5 fully saturated rings. The molecule has 0 heterocycles. The summed E-state index contributed by atoms with van der Waals surface area (Å²) in [5.41, 5.74) is 2.53. The Morgan fingerprint density at radius 3 is 2.12 bits per heavy atom. The number of aliphatic hydroxyl groups excluding tert-OH is 2. The van der Waals surface area contributed by atoms with E-state index in [1.807, 2.05) is 0 Å². The third-order valence-electron chi connectivity index (χ3n) is 13.4. The highest BCUT2D eigenvalue weighted by Gasteiger charge is 2.70. The summed E-state index contributed by atoms with van der Waals surface area (Å²) >= 11 is 0. The lowest BCUT2D eigenvalue weighted by atomic mass is 9.32. The van der Waals surface area contributed by atoms with Crippen LogP contribution >= 0.6 is 0 Å².